The minimum Gasteiger partial charge on any atom is -0.271 e. The zero-order valence-corrected chi connectivity index (χ0v) is 11.4. The summed E-state index contributed by atoms with van der Waals surface area (Å²) < 4.78 is 13.2. The number of benzene rings is 1. The van der Waals surface area contributed by atoms with Crippen molar-refractivity contribution in [3.63, 3.8) is 0 Å². The fraction of sp³-hybridized carbons (Fsp3) is 0.267. The normalized spacial score (nSPS) is 12.5. The third-order valence-electron chi connectivity index (χ3n) is 3.15. The Bertz CT molecular complexity index is 576. The van der Waals surface area contributed by atoms with Crippen LogP contribution in [0, 0.1) is 26.6 Å². The van der Waals surface area contributed by atoms with Crippen LogP contribution < -0.4 is 11.3 Å². The molecule has 4 heteroatoms. The Kier molecular flexibility index (Phi) is 3.93. The molecule has 1 heterocycles. The highest BCUT2D eigenvalue weighted by Gasteiger charge is 2.16. The van der Waals surface area contributed by atoms with Crippen LogP contribution in [0.5, 0.6) is 0 Å². The second-order valence-corrected chi connectivity index (χ2v) is 4.78. The van der Waals surface area contributed by atoms with Crippen molar-refractivity contribution in [1.29, 1.82) is 0 Å². The Labute approximate surface area is 112 Å². The summed E-state index contributed by atoms with van der Waals surface area (Å²) in [6, 6.07) is 8.54. The van der Waals surface area contributed by atoms with Crippen LogP contribution >= 0.6 is 0 Å². The minimum atomic E-state index is -0.237. The maximum atomic E-state index is 13.2. The van der Waals surface area contributed by atoms with Gasteiger partial charge in [0.05, 0.1) is 6.04 Å². The first-order valence-electron chi connectivity index (χ1n) is 6.18. The van der Waals surface area contributed by atoms with E-state index >= 15 is 0 Å². The lowest BCUT2D eigenvalue weighted by Crippen LogP contribution is -2.29. The number of nitrogens with one attached hydrogen (secondary N) is 1. The Balaban J connectivity index is 2.49. The third kappa shape index (κ3) is 2.97. The number of nitrogens with two attached hydrogens (primary N) is 1. The molecule has 2 rings (SSSR count). The fourth-order valence-electron chi connectivity index (χ4n) is 2.36. The number of rotatable bonds is 3. The maximum absolute atomic E-state index is 13.2. The average molecular weight is 259 g/mol. The molecule has 0 spiro atoms. The summed E-state index contributed by atoms with van der Waals surface area (Å²) in [5, 5.41) is 0. The molecule has 0 aliphatic rings. The van der Waals surface area contributed by atoms with Gasteiger partial charge in [0.1, 0.15) is 5.82 Å². The van der Waals surface area contributed by atoms with Gasteiger partial charge in [-0.25, -0.2) is 9.82 Å². The number of hydrogen-bond donors (Lipinski definition) is 2. The van der Waals surface area contributed by atoms with E-state index in [4.69, 9.17) is 5.84 Å². The highest BCUT2D eigenvalue weighted by molar-refractivity contribution is 5.38. The van der Waals surface area contributed by atoms with Crippen molar-refractivity contribution < 1.29 is 4.39 Å². The van der Waals surface area contributed by atoms with Crippen LogP contribution in [0.25, 0.3) is 0 Å². The zero-order chi connectivity index (χ0) is 14.0. The predicted molar refractivity (Wildman–Crippen MR) is 74.0 cm³/mol. The third-order valence-corrected chi connectivity index (χ3v) is 3.15. The van der Waals surface area contributed by atoms with Crippen LogP contribution in [0.15, 0.2) is 30.3 Å². The van der Waals surface area contributed by atoms with E-state index in [1.54, 1.807) is 6.07 Å². The lowest BCUT2D eigenvalue weighted by Gasteiger charge is -2.20. The number of halogens is 1. The molecule has 1 aromatic carbocycles. The minimum absolute atomic E-state index is 0.166. The van der Waals surface area contributed by atoms with Gasteiger partial charge in [0.15, 0.2) is 0 Å². The summed E-state index contributed by atoms with van der Waals surface area (Å²) in [6.45, 7) is 5.77. The second-order valence-electron chi connectivity index (χ2n) is 4.78. The summed E-state index contributed by atoms with van der Waals surface area (Å²) in [4.78, 5) is 4.35. The molecule has 1 atom stereocenters. The first-order chi connectivity index (χ1) is 9.01. The molecule has 1 unspecified atom stereocenters. The number of nitrogens with zero attached hydrogens (tertiary/aromatic N) is 1. The molecule has 2 aromatic rings. The second kappa shape index (κ2) is 5.47. The molecule has 0 amide bonds. The van der Waals surface area contributed by atoms with Crippen molar-refractivity contribution in [2.75, 3.05) is 0 Å². The van der Waals surface area contributed by atoms with E-state index in [9.17, 15) is 4.39 Å². The molecule has 0 radical (unpaired) electrons. The fourth-order valence-corrected chi connectivity index (χ4v) is 2.36. The highest BCUT2D eigenvalue weighted by Crippen LogP contribution is 2.25. The van der Waals surface area contributed by atoms with Gasteiger partial charge >= 0.3 is 0 Å². The number of aromatic nitrogens is 1. The van der Waals surface area contributed by atoms with Gasteiger partial charge in [-0.1, -0.05) is 6.07 Å². The van der Waals surface area contributed by atoms with Gasteiger partial charge < -0.3 is 0 Å². The summed E-state index contributed by atoms with van der Waals surface area (Å²) in [6.07, 6.45) is 0. The molecule has 100 valence electrons. The van der Waals surface area contributed by atoms with E-state index in [0.29, 0.717) is 0 Å². The summed E-state index contributed by atoms with van der Waals surface area (Å²) in [5.41, 5.74) is 7.55. The zero-order valence-electron chi connectivity index (χ0n) is 11.4. The van der Waals surface area contributed by atoms with Gasteiger partial charge in [0.25, 0.3) is 0 Å². The molecular weight excluding hydrogens is 241 g/mol. The SMILES string of the molecule is Cc1cc(C(NN)c2ccc(F)cc2C)cc(C)n1. The summed E-state index contributed by atoms with van der Waals surface area (Å²) in [5.74, 6) is 5.44. The van der Waals surface area contributed by atoms with Crippen molar-refractivity contribution in [2.24, 2.45) is 5.84 Å². The lowest BCUT2D eigenvalue weighted by atomic mass is 9.95. The monoisotopic (exact) mass is 259 g/mol. The lowest BCUT2D eigenvalue weighted by molar-refractivity contribution is 0.611. The van der Waals surface area contributed by atoms with Crippen molar-refractivity contribution in [2.45, 2.75) is 26.8 Å². The number of aryl methyl sites for hydroxylation is 3. The van der Waals surface area contributed by atoms with Crippen molar-refractivity contribution in [1.82, 2.24) is 10.4 Å². The Morgan fingerprint density at radius 1 is 1.11 bits per heavy atom. The van der Waals surface area contributed by atoms with Crippen LogP contribution in [0.4, 0.5) is 4.39 Å². The van der Waals surface area contributed by atoms with Gasteiger partial charge in [-0.3, -0.25) is 10.8 Å². The molecule has 19 heavy (non-hydrogen) atoms. The van der Waals surface area contributed by atoms with Crippen molar-refractivity contribution in [3.05, 3.63) is 64.2 Å². The van der Waals surface area contributed by atoms with Crippen LogP contribution in [-0.4, -0.2) is 4.98 Å². The summed E-state index contributed by atoms with van der Waals surface area (Å²) >= 11 is 0. The molecule has 1 aromatic heterocycles. The molecule has 0 fully saturated rings. The average Bonchev–Trinajstić information content (AvgIpc) is 2.31. The van der Waals surface area contributed by atoms with Gasteiger partial charge in [-0.15, -0.1) is 0 Å². The first kappa shape index (κ1) is 13.6. The highest BCUT2D eigenvalue weighted by atomic mass is 19.1. The van der Waals surface area contributed by atoms with Crippen LogP contribution in [0.2, 0.25) is 0 Å². The molecule has 3 nitrogen and oxygen atoms in total. The van der Waals surface area contributed by atoms with Crippen LogP contribution in [0.1, 0.15) is 34.1 Å². The molecule has 0 aliphatic carbocycles. The van der Waals surface area contributed by atoms with E-state index in [2.05, 4.69) is 10.4 Å². The molecule has 3 N–H and O–H groups in total. The maximum Gasteiger partial charge on any atom is 0.123 e. The molecular formula is C15H18FN3. The smallest absolute Gasteiger partial charge is 0.123 e. The van der Waals surface area contributed by atoms with E-state index < -0.39 is 0 Å². The topological polar surface area (TPSA) is 50.9 Å². The van der Waals surface area contributed by atoms with Crippen molar-refractivity contribution in [3.8, 4) is 0 Å². The van der Waals surface area contributed by atoms with E-state index in [1.165, 1.54) is 12.1 Å². The van der Waals surface area contributed by atoms with E-state index in [1.807, 2.05) is 32.9 Å². The number of hydrogen-bond acceptors (Lipinski definition) is 3. The molecule has 0 saturated carbocycles. The van der Waals surface area contributed by atoms with Gasteiger partial charge in [0.2, 0.25) is 0 Å². The molecule has 0 bridgehead atoms. The first-order valence-corrected chi connectivity index (χ1v) is 6.18. The van der Waals surface area contributed by atoms with Gasteiger partial charge in [-0.05, 0) is 61.7 Å². The number of hydrazine groups is 1. The van der Waals surface area contributed by atoms with Crippen molar-refractivity contribution >= 4 is 0 Å². The Morgan fingerprint density at radius 3 is 2.26 bits per heavy atom. The van der Waals surface area contributed by atoms with Gasteiger partial charge in [0, 0.05) is 11.4 Å². The Hall–Kier alpha value is -1.78. The molecule has 0 aliphatic heterocycles. The van der Waals surface area contributed by atoms with E-state index in [0.717, 1.165) is 28.1 Å². The predicted octanol–water partition coefficient (Wildman–Crippen LogP) is 2.70. The molecule has 0 saturated heterocycles. The van der Waals surface area contributed by atoms with Gasteiger partial charge in [-0.2, -0.15) is 0 Å². The standard InChI is InChI=1S/C15H18FN3/c1-9-6-13(16)4-5-14(9)15(19-17)12-7-10(2)18-11(3)8-12/h4-8,15,19H,17H2,1-3H3. The number of pyridine rings is 1. The largest absolute Gasteiger partial charge is 0.271 e. The van der Waals surface area contributed by atoms with Crippen LogP contribution in [0.3, 0.4) is 0 Å². The quantitative estimate of drug-likeness (QED) is 0.658. The Morgan fingerprint density at radius 2 is 1.74 bits per heavy atom. The summed E-state index contributed by atoms with van der Waals surface area (Å²) in [7, 11) is 0. The van der Waals surface area contributed by atoms with Crippen LogP contribution in [-0.2, 0) is 0 Å². The van der Waals surface area contributed by atoms with E-state index in [-0.39, 0.29) is 11.9 Å².